The standard InChI is InChI=1S/C22H20N6/c23-14-19(15-24)22(16-25)26-20-6-8-21(9-7-20)28-12-10-27(11-13-28)17-18-4-2-1-3-5-18/h1-9,26H,10-13,17H2. The van der Waals surface area contributed by atoms with E-state index in [0.29, 0.717) is 5.69 Å². The van der Waals surface area contributed by atoms with Crippen molar-refractivity contribution < 1.29 is 0 Å². The van der Waals surface area contributed by atoms with Crippen molar-refractivity contribution in [2.45, 2.75) is 6.54 Å². The lowest BCUT2D eigenvalue weighted by Crippen LogP contribution is -2.45. The lowest BCUT2D eigenvalue weighted by Gasteiger charge is -2.36. The van der Waals surface area contributed by atoms with Gasteiger partial charge in [0.1, 0.15) is 23.9 Å². The first kappa shape index (κ1) is 19.0. The van der Waals surface area contributed by atoms with Crippen LogP contribution in [0.15, 0.2) is 65.9 Å². The minimum absolute atomic E-state index is 0.0349. The van der Waals surface area contributed by atoms with Crippen LogP contribution in [0.3, 0.4) is 0 Å². The van der Waals surface area contributed by atoms with Gasteiger partial charge in [-0.1, -0.05) is 30.3 Å². The largest absolute Gasteiger partial charge is 0.369 e. The fraction of sp³-hybridized carbons (Fsp3) is 0.227. The Balaban J connectivity index is 1.58. The van der Waals surface area contributed by atoms with Crippen molar-refractivity contribution in [3.05, 3.63) is 71.4 Å². The molecule has 2 aromatic rings. The number of nitrogens with zero attached hydrogens (tertiary/aromatic N) is 5. The van der Waals surface area contributed by atoms with E-state index >= 15 is 0 Å². The Morgan fingerprint density at radius 2 is 1.46 bits per heavy atom. The molecule has 2 aromatic carbocycles. The maximum absolute atomic E-state index is 9.12. The van der Waals surface area contributed by atoms with Gasteiger partial charge in [0.05, 0.1) is 0 Å². The lowest BCUT2D eigenvalue weighted by atomic mass is 10.2. The number of piperazine rings is 1. The van der Waals surface area contributed by atoms with Gasteiger partial charge in [-0.25, -0.2) is 0 Å². The molecule has 0 radical (unpaired) electrons. The number of hydrogen-bond donors (Lipinski definition) is 1. The van der Waals surface area contributed by atoms with Gasteiger partial charge in [0.2, 0.25) is 0 Å². The van der Waals surface area contributed by atoms with Crippen LogP contribution in [0.4, 0.5) is 11.4 Å². The fourth-order valence-corrected chi connectivity index (χ4v) is 3.19. The third kappa shape index (κ3) is 4.68. The van der Waals surface area contributed by atoms with Crippen molar-refractivity contribution in [1.82, 2.24) is 4.90 Å². The number of anilines is 2. The zero-order valence-electron chi connectivity index (χ0n) is 15.5. The highest BCUT2D eigenvalue weighted by Gasteiger charge is 2.17. The van der Waals surface area contributed by atoms with Gasteiger partial charge >= 0.3 is 0 Å². The van der Waals surface area contributed by atoms with E-state index in [4.69, 9.17) is 15.8 Å². The summed E-state index contributed by atoms with van der Waals surface area (Å²) in [5.41, 5.74) is 2.87. The molecule has 0 atom stereocenters. The first-order valence-corrected chi connectivity index (χ1v) is 9.06. The Bertz CT molecular complexity index is 933. The molecule has 1 saturated heterocycles. The highest BCUT2D eigenvalue weighted by atomic mass is 15.3. The minimum atomic E-state index is -0.221. The summed E-state index contributed by atoms with van der Waals surface area (Å²) in [5.74, 6) is 0. The molecule has 1 fully saturated rings. The summed E-state index contributed by atoms with van der Waals surface area (Å²) < 4.78 is 0. The molecule has 0 bridgehead atoms. The molecule has 0 unspecified atom stereocenters. The molecule has 3 rings (SSSR count). The third-order valence-corrected chi connectivity index (χ3v) is 4.71. The van der Waals surface area contributed by atoms with Gasteiger partial charge < -0.3 is 10.2 Å². The highest BCUT2D eigenvalue weighted by molar-refractivity contribution is 5.61. The second-order valence-electron chi connectivity index (χ2n) is 6.51. The zero-order chi connectivity index (χ0) is 19.8. The van der Waals surface area contributed by atoms with Crippen molar-refractivity contribution in [3.63, 3.8) is 0 Å². The molecule has 0 saturated carbocycles. The van der Waals surface area contributed by atoms with Crippen molar-refractivity contribution in [3.8, 4) is 18.2 Å². The molecule has 28 heavy (non-hydrogen) atoms. The molecule has 0 aromatic heterocycles. The van der Waals surface area contributed by atoms with E-state index in [1.54, 1.807) is 12.1 Å². The summed E-state index contributed by atoms with van der Waals surface area (Å²) in [6.07, 6.45) is 0. The summed E-state index contributed by atoms with van der Waals surface area (Å²) in [4.78, 5) is 4.79. The number of rotatable bonds is 5. The molecule has 1 aliphatic rings. The Morgan fingerprint density at radius 1 is 0.821 bits per heavy atom. The maximum Gasteiger partial charge on any atom is 0.163 e. The Kier molecular flexibility index (Phi) is 6.26. The molecule has 6 nitrogen and oxygen atoms in total. The summed E-state index contributed by atoms with van der Waals surface area (Å²) >= 11 is 0. The normalized spacial score (nSPS) is 13.7. The smallest absolute Gasteiger partial charge is 0.163 e. The van der Waals surface area contributed by atoms with Gasteiger partial charge in [0, 0.05) is 44.1 Å². The van der Waals surface area contributed by atoms with E-state index in [2.05, 4.69) is 39.4 Å². The van der Waals surface area contributed by atoms with Gasteiger partial charge in [-0.05, 0) is 29.8 Å². The number of allylic oxidation sites excluding steroid dienone is 2. The summed E-state index contributed by atoms with van der Waals surface area (Å²) in [7, 11) is 0. The second kappa shape index (κ2) is 9.24. The molecule has 0 spiro atoms. The SMILES string of the molecule is N#CC(C#N)=C(C#N)Nc1ccc(N2CCN(Cc3ccccc3)CC2)cc1. The Hall–Kier alpha value is -3.79. The molecule has 1 N–H and O–H groups in total. The molecule has 1 aliphatic heterocycles. The number of benzene rings is 2. The van der Waals surface area contributed by atoms with Crippen LogP contribution in [-0.2, 0) is 6.54 Å². The summed E-state index contributed by atoms with van der Waals surface area (Å²) in [6.45, 7) is 4.89. The average Bonchev–Trinajstić information content (AvgIpc) is 2.75. The van der Waals surface area contributed by atoms with E-state index < -0.39 is 0 Å². The molecular weight excluding hydrogens is 348 g/mol. The van der Waals surface area contributed by atoms with Crippen LogP contribution >= 0.6 is 0 Å². The van der Waals surface area contributed by atoms with Gasteiger partial charge in [-0.3, -0.25) is 4.90 Å². The number of hydrogen-bond acceptors (Lipinski definition) is 6. The number of nitriles is 3. The van der Waals surface area contributed by atoms with Crippen LogP contribution in [0.5, 0.6) is 0 Å². The van der Waals surface area contributed by atoms with Crippen LogP contribution in [-0.4, -0.2) is 31.1 Å². The molecule has 6 heteroatoms. The molecular formula is C22H20N6. The predicted octanol–water partition coefficient (Wildman–Crippen LogP) is 3.25. The average molecular weight is 368 g/mol. The summed E-state index contributed by atoms with van der Waals surface area (Å²) in [6, 6.07) is 23.5. The molecule has 1 heterocycles. The first-order chi connectivity index (χ1) is 13.7. The van der Waals surface area contributed by atoms with E-state index in [1.165, 1.54) is 5.56 Å². The Morgan fingerprint density at radius 3 is 2.04 bits per heavy atom. The zero-order valence-corrected chi connectivity index (χ0v) is 15.5. The minimum Gasteiger partial charge on any atom is -0.369 e. The summed E-state index contributed by atoms with van der Waals surface area (Å²) in [5, 5.41) is 29.8. The molecule has 138 valence electrons. The molecule has 0 aliphatic carbocycles. The maximum atomic E-state index is 9.12. The van der Waals surface area contributed by atoms with Crippen LogP contribution in [0, 0.1) is 34.0 Å². The van der Waals surface area contributed by atoms with Gasteiger partial charge in [0.25, 0.3) is 0 Å². The fourth-order valence-electron chi connectivity index (χ4n) is 3.19. The van der Waals surface area contributed by atoms with Crippen LogP contribution in [0.2, 0.25) is 0 Å². The third-order valence-electron chi connectivity index (χ3n) is 4.71. The van der Waals surface area contributed by atoms with Gasteiger partial charge in [-0.15, -0.1) is 0 Å². The first-order valence-electron chi connectivity index (χ1n) is 9.06. The highest BCUT2D eigenvalue weighted by Crippen LogP contribution is 2.21. The van der Waals surface area contributed by atoms with Gasteiger partial charge in [0.15, 0.2) is 5.57 Å². The quantitative estimate of drug-likeness (QED) is 0.815. The van der Waals surface area contributed by atoms with E-state index in [1.807, 2.05) is 36.4 Å². The topological polar surface area (TPSA) is 89.9 Å². The Labute approximate surface area is 165 Å². The molecule has 0 amide bonds. The predicted molar refractivity (Wildman–Crippen MR) is 108 cm³/mol. The van der Waals surface area contributed by atoms with E-state index in [-0.39, 0.29) is 11.3 Å². The number of nitrogens with one attached hydrogen (secondary N) is 1. The second-order valence-corrected chi connectivity index (χ2v) is 6.51. The van der Waals surface area contributed by atoms with Crippen LogP contribution in [0.25, 0.3) is 0 Å². The monoisotopic (exact) mass is 368 g/mol. The van der Waals surface area contributed by atoms with Gasteiger partial charge in [-0.2, -0.15) is 15.8 Å². The lowest BCUT2D eigenvalue weighted by molar-refractivity contribution is 0.250. The van der Waals surface area contributed by atoms with Crippen molar-refractivity contribution in [2.24, 2.45) is 0 Å². The van der Waals surface area contributed by atoms with Crippen molar-refractivity contribution in [1.29, 1.82) is 15.8 Å². The van der Waals surface area contributed by atoms with Crippen molar-refractivity contribution >= 4 is 11.4 Å². The van der Waals surface area contributed by atoms with E-state index in [0.717, 1.165) is 38.4 Å². The van der Waals surface area contributed by atoms with Crippen LogP contribution < -0.4 is 10.2 Å². The van der Waals surface area contributed by atoms with Crippen LogP contribution in [0.1, 0.15) is 5.56 Å². The van der Waals surface area contributed by atoms with E-state index in [9.17, 15) is 0 Å². The van der Waals surface area contributed by atoms with Crippen molar-refractivity contribution in [2.75, 3.05) is 36.4 Å².